The zero-order valence-corrected chi connectivity index (χ0v) is 9.89. The number of hydrogen-bond donors (Lipinski definition) is 1. The van der Waals surface area contributed by atoms with E-state index < -0.39 is 6.10 Å². The van der Waals surface area contributed by atoms with Gasteiger partial charge < -0.3 is 10.0 Å². The molecular formula is C13H20N2O. The number of aromatic nitrogens is 1. The van der Waals surface area contributed by atoms with Gasteiger partial charge in [0.2, 0.25) is 0 Å². The minimum Gasteiger partial charge on any atom is -0.387 e. The summed E-state index contributed by atoms with van der Waals surface area (Å²) in [6.45, 7) is 4.01. The molecule has 0 aliphatic carbocycles. The van der Waals surface area contributed by atoms with Crippen molar-refractivity contribution in [3.8, 4) is 0 Å². The van der Waals surface area contributed by atoms with Crippen LogP contribution < -0.4 is 4.90 Å². The van der Waals surface area contributed by atoms with E-state index in [0.29, 0.717) is 0 Å². The van der Waals surface area contributed by atoms with Crippen LogP contribution in [-0.2, 0) is 0 Å². The van der Waals surface area contributed by atoms with Crippen molar-refractivity contribution in [2.45, 2.75) is 38.7 Å². The quantitative estimate of drug-likeness (QED) is 0.832. The fourth-order valence-corrected chi connectivity index (χ4v) is 2.16. The molecule has 0 saturated carbocycles. The highest BCUT2D eigenvalue weighted by atomic mass is 16.3. The van der Waals surface area contributed by atoms with E-state index in [4.69, 9.17) is 0 Å². The van der Waals surface area contributed by atoms with Crippen molar-refractivity contribution < 1.29 is 5.11 Å². The molecule has 0 amide bonds. The van der Waals surface area contributed by atoms with E-state index in [9.17, 15) is 5.11 Å². The minimum atomic E-state index is -0.474. The van der Waals surface area contributed by atoms with E-state index in [1.165, 1.54) is 31.4 Å². The average Bonchev–Trinajstić information content (AvgIpc) is 2.57. The van der Waals surface area contributed by atoms with E-state index in [1.807, 2.05) is 12.3 Å². The molecule has 1 N–H and O–H groups in total. The topological polar surface area (TPSA) is 36.4 Å². The van der Waals surface area contributed by atoms with Crippen LogP contribution in [0.2, 0.25) is 0 Å². The molecule has 0 aromatic carbocycles. The lowest BCUT2D eigenvalue weighted by Crippen LogP contribution is -2.23. The monoisotopic (exact) mass is 220 g/mol. The normalized spacial score (nSPS) is 19.2. The van der Waals surface area contributed by atoms with E-state index in [2.05, 4.69) is 16.0 Å². The highest BCUT2D eigenvalue weighted by Gasteiger charge is 2.10. The van der Waals surface area contributed by atoms with Gasteiger partial charge >= 0.3 is 0 Å². The van der Waals surface area contributed by atoms with E-state index >= 15 is 0 Å². The molecule has 3 nitrogen and oxygen atoms in total. The predicted molar refractivity (Wildman–Crippen MR) is 65.6 cm³/mol. The van der Waals surface area contributed by atoms with Crippen LogP contribution in [0.25, 0.3) is 0 Å². The molecule has 0 radical (unpaired) electrons. The van der Waals surface area contributed by atoms with E-state index in [1.54, 1.807) is 6.92 Å². The second-order valence-corrected chi connectivity index (χ2v) is 4.52. The molecule has 88 valence electrons. The molecule has 1 fully saturated rings. The Balaban J connectivity index is 2.07. The first-order chi connectivity index (χ1) is 7.77. The summed E-state index contributed by atoms with van der Waals surface area (Å²) < 4.78 is 0. The van der Waals surface area contributed by atoms with Crippen LogP contribution in [0.15, 0.2) is 18.3 Å². The molecule has 0 unspecified atom stereocenters. The second-order valence-electron chi connectivity index (χ2n) is 4.52. The Kier molecular flexibility index (Phi) is 3.78. The highest BCUT2D eigenvalue weighted by molar-refractivity contribution is 5.44. The first-order valence-electron chi connectivity index (χ1n) is 6.16. The molecule has 1 atom stereocenters. The Labute approximate surface area is 97.1 Å². The Morgan fingerprint density at radius 2 is 1.88 bits per heavy atom. The summed E-state index contributed by atoms with van der Waals surface area (Å²) in [6.07, 6.45) is 6.65. The smallest absolute Gasteiger partial charge is 0.0931 e. The van der Waals surface area contributed by atoms with Gasteiger partial charge in [-0.1, -0.05) is 12.8 Å². The van der Waals surface area contributed by atoms with Crippen LogP contribution in [0, 0.1) is 0 Å². The lowest BCUT2D eigenvalue weighted by molar-refractivity contribution is 0.194. The Hall–Kier alpha value is -1.09. The highest BCUT2D eigenvalue weighted by Crippen LogP contribution is 2.20. The zero-order chi connectivity index (χ0) is 11.4. The van der Waals surface area contributed by atoms with Crippen molar-refractivity contribution >= 4 is 5.69 Å². The molecule has 1 aromatic heterocycles. The molecule has 0 bridgehead atoms. The van der Waals surface area contributed by atoms with Gasteiger partial charge in [-0.05, 0) is 31.9 Å². The Bertz CT molecular complexity index is 313. The van der Waals surface area contributed by atoms with Crippen molar-refractivity contribution in [2.75, 3.05) is 18.0 Å². The number of anilines is 1. The number of aliphatic hydroxyl groups is 1. The number of rotatable bonds is 2. The minimum absolute atomic E-state index is 0.474. The molecule has 0 spiro atoms. The molecule has 1 aromatic rings. The van der Waals surface area contributed by atoms with Crippen LogP contribution in [0.5, 0.6) is 0 Å². The van der Waals surface area contributed by atoms with Crippen LogP contribution in [0.4, 0.5) is 5.69 Å². The van der Waals surface area contributed by atoms with Gasteiger partial charge in [0.05, 0.1) is 23.7 Å². The number of nitrogens with zero attached hydrogens (tertiary/aromatic N) is 2. The summed E-state index contributed by atoms with van der Waals surface area (Å²) in [5.41, 5.74) is 1.94. The first kappa shape index (κ1) is 11.4. The fourth-order valence-electron chi connectivity index (χ4n) is 2.16. The number of hydrogen-bond acceptors (Lipinski definition) is 3. The molecule has 1 saturated heterocycles. The molecule has 3 heteroatoms. The predicted octanol–water partition coefficient (Wildman–Crippen LogP) is 2.52. The van der Waals surface area contributed by atoms with Gasteiger partial charge in [0.25, 0.3) is 0 Å². The Morgan fingerprint density at radius 1 is 1.19 bits per heavy atom. The van der Waals surface area contributed by atoms with Gasteiger partial charge in [0.1, 0.15) is 0 Å². The van der Waals surface area contributed by atoms with Crippen LogP contribution >= 0.6 is 0 Å². The molecule has 16 heavy (non-hydrogen) atoms. The average molecular weight is 220 g/mol. The van der Waals surface area contributed by atoms with E-state index in [0.717, 1.165) is 18.8 Å². The first-order valence-corrected chi connectivity index (χ1v) is 6.16. The molecule has 1 aliphatic heterocycles. The third-order valence-electron chi connectivity index (χ3n) is 3.17. The van der Waals surface area contributed by atoms with E-state index in [-0.39, 0.29) is 0 Å². The van der Waals surface area contributed by atoms with Crippen molar-refractivity contribution in [1.82, 2.24) is 4.98 Å². The summed E-state index contributed by atoms with van der Waals surface area (Å²) in [5, 5.41) is 9.39. The van der Waals surface area contributed by atoms with Crippen molar-refractivity contribution in [2.24, 2.45) is 0 Å². The Morgan fingerprint density at radius 3 is 2.38 bits per heavy atom. The van der Waals surface area contributed by atoms with Gasteiger partial charge in [-0.25, -0.2) is 0 Å². The van der Waals surface area contributed by atoms with Gasteiger partial charge in [-0.15, -0.1) is 0 Å². The largest absolute Gasteiger partial charge is 0.387 e. The third kappa shape index (κ3) is 2.73. The summed E-state index contributed by atoms with van der Waals surface area (Å²) in [6, 6.07) is 3.99. The lowest BCUT2D eigenvalue weighted by atomic mass is 10.2. The van der Waals surface area contributed by atoms with Crippen LogP contribution in [-0.4, -0.2) is 23.2 Å². The van der Waals surface area contributed by atoms with Crippen molar-refractivity contribution in [3.63, 3.8) is 0 Å². The lowest BCUT2D eigenvalue weighted by Gasteiger charge is -2.22. The van der Waals surface area contributed by atoms with Gasteiger partial charge in [-0.2, -0.15) is 0 Å². The fraction of sp³-hybridized carbons (Fsp3) is 0.615. The summed E-state index contributed by atoms with van der Waals surface area (Å²) >= 11 is 0. The summed E-state index contributed by atoms with van der Waals surface area (Å²) in [4.78, 5) is 6.69. The standard InChI is InChI=1S/C13H20N2O/c1-11(16)13-7-6-12(10-14-13)15-8-4-2-3-5-9-15/h6-7,10-11,16H,2-5,8-9H2,1H3/t11-/m1/s1. The molecule has 1 aliphatic rings. The second kappa shape index (κ2) is 5.30. The van der Waals surface area contributed by atoms with Crippen LogP contribution in [0.1, 0.15) is 44.4 Å². The van der Waals surface area contributed by atoms with Crippen molar-refractivity contribution in [1.29, 1.82) is 0 Å². The van der Waals surface area contributed by atoms with Gasteiger partial charge in [0.15, 0.2) is 0 Å². The summed E-state index contributed by atoms with van der Waals surface area (Å²) in [5.74, 6) is 0. The maximum absolute atomic E-state index is 9.39. The number of pyridine rings is 1. The molecule has 2 rings (SSSR count). The van der Waals surface area contributed by atoms with Gasteiger partial charge in [-0.3, -0.25) is 4.98 Å². The molecule has 2 heterocycles. The number of aliphatic hydroxyl groups excluding tert-OH is 1. The van der Waals surface area contributed by atoms with Crippen molar-refractivity contribution in [3.05, 3.63) is 24.0 Å². The van der Waals surface area contributed by atoms with Crippen LogP contribution in [0.3, 0.4) is 0 Å². The zero-order valence-electron chi connectivity index (χ0n) is 9.89. The maximum Gasteiger partial charge on any atom is 0.0931 e. The van der Waals surface area contributed by atoms with Gasteiger partial charge in [0, 0.05) is 13.1 Å². The SMILES string of the molecule is C[C@@H](O)c1ccc(N2CCCCCC2)cn1. The molecular weight excluding hydrogens is 200 g/mol. The third-order valence-corrected chi connectivity index (χ3v) is 3.17. The summed E-state index contributed by atoms with van der Waals surface area (Å²) in [7, 11) is 0. The maximum atomic E-state index is 9.39.